The fraction of sp³-hybridized carbons (Fsp3) is 0.115. The summed E-state index contributed by atoms with van der Waals surface area (Å²) in [5.74, 6) is 0.588. The molecule has 0 unspecified atom stereocenters. The summed E-state index contributed by atoms with van der Waals surface area (Å²) in [5, 5.41) is 3.97. The zero-order valence-electron chi connectivity index (χ0n) is 18.5. The van der Waals surface area contributed by atoms with Gasteiger partial charge in [-0.15, -0.1) is 0 Å². The van der Waals surface area contributed by atoms with Crippen LogP contribution < -0.4 is 15.8 Å². The van der Waals surface area contributed by atoms with Gasteiger partial charge in [0.2, 0.25) is 5.89 Å². The molecule has 35 heavy (non-hydrogen) atoms. The number of aromatic nitrogens is 4. The molecule has 2 aromatic carbocycles. The van der Waals surface area contributed by atoms with Gasteiger partial charge < -0.3 is 20.2 Å². The molecule has 0 spiro atoms. The van der Waals surface area contributed by atoms with Crippen LogP contribution in [0.5, 0.6) is 5.75 Å². The first kappa shape index (κ1) is 20.8. The van der Waals surface area contributed by atoms with E-state index in [1.54, 1.807) is 6.20 Å². The summed E-state index contributed by atoms with van der Waals surface area (Å²) in [6.07, 6.45) is 5.34. The Morgan fingerprint density at radius 2 is 1.91 bits per heavy atom. The molecule has 0 saturated carbocycles. The van der Waals surface area contributed by atoms with Gasteiger partial charge in [0, 0.05) is 29.1 Å². The largest absolute Gasteiger partial charge is 0.493 e. The monoisotopic (exact) mass is 464 g/mol. The summed E-state index contributed by atoms with van der Waals surface area (Å²) < 4.78 is 11.2. The van der Waals surface area contributed by atoms with Crippen LogP contribution >= 0.6 is 0 Å². The van der Waals surface area contributed by atoms with Gasteiger partial charge in [-0.05, 0) is 24.3 Å². The summed E-state index contributed by atoms with van der Waals surface area (Å²) in [4.78, 5) is 31.1. The van der Waals surface area contributed by atoms with Gasteiger partial charge in [0.15, 0.2) is 17.2 Å². The fourth-order valence-corrected chi connectivity index (χ4v) is 4.25. The van der Waals surface area contributed by atoms with E-state index in [0.29, 0.717) is 24.4 Å². The number of oxazole rings is 1. The van der Waals surface area contributed by atoms with Crippen molar-refractivity contribution in [3.8, 4) is 28.6 Å². The smallest absolute Gasteiger partial charge is 0.274 e. The zero-order valence-corrected chi connectivity index (χ0v) is 18.5. The minimum absolute atomic E-state index is 0.0118. The van der Waals surface area contributed by atoms with E-state index in [4.69, 9.17) is 14.9 Å². The third-order valence-corrected chi connectivity index (χ3v) is 5.91. The van der Waals surface area contributed by atoms with Crippen LogP contribution in [0.25, 0.3) is 33.7 Å². The third kappa shape index (κ3) is 3.82. The lowest BCUT2D eigenvalue weighted by molar-refractivity contribution is 0.0920. The van der Waals surface area contributed by atoms with Crippen molar-refractivity contribution in [3.63, 3.8) is 0 Å². The lowest BCUT2D eigenvalue weighted by Gasteiger charge is -2.26. The number of ether oxygens (including phenoxy) is 1. The number of hydrogen-bond acceptors (Lipinski definition) is 8. The van der Waals surface area contributed by atoms with E-state index in [1.165, 1.54) is 12.5 Å². The number of benzene rings is 2. The van der Waals surface area contributed by atoms with Crippen molar-refractivity contribution in [1.29, 1.82) is 0 Å². The second-order valence-electron chi connectivity index (χ2n) is 8.10. The zero-order chi connectivity index (χ0) is 23.8. The van der Waals surface area contributed by atoms with Gasteiger partial charge >= 0.3 is 0 Å². The number of hydrogen-bond donors (Lipinski definition) is 2. The van der Waals surface area contributed by atoms with E-state index >= 15 is 0 Å². The molecule has 0 aliphatic carbocycles. The standard InChI is InChI=1S/C26H20N6O3/c27-24-23(25(33)30-19-9-12-34-20-6-2-1-5-17(19)20)31-21(22(32-24)26-29-11-13-35-26)16-7-8-18-15(14-16)4-3-10-28-18/h1-8,10-11,13-14,19H,9,12H2,(H2,27,32)(H,30,33)/t19-/m0/s1. The molecule has 0 fully saturated rings. The first-order valence-electron chi connectivity index (χ1n) is 11.1. The van der Waals surface area contributed by atoms with Crippen LogP contribution in [0.1, 0.15) is 28.5 Å². The lowest BCUT2D eigenvalue weighted by Crippen LogP contribution is -2.33. The number of rotatable bonds is 4. The molecule has 9 nitrogen and oxygen atoms in total. The van der Waals surface area contributed by atoms with Crippen molar-refractivity contribution >= 4 is 22.6 Å². The Kier molecular flexibility index (Phi) is 5.07. The summed E-state index contributed by atoms with van der Waals surface area (Å²) in [6.45, 7) is 0.503. The van der Waals surface area contributed by atoms with Crippen LogP contribution in [0, 0.1) is 0 Å². The van der Waals surface area contributed by atoms with Gasteiger partial charge in [-0.3, -0.25) is 9.78 Å². The van der Waals surface area contributed by atoms with Crippen molar-refractivity contribution in [2.45, 2.75) is 12.5 Å². The second-order valence-corrected chi connectivity index (χ2v) is 8.10. The number of carbonyl (C=O) groups is 1. The minimum atomic E-state index is -0.417. The number of nitrogens with two attached hydrogens (primary N) is 1. The predicted octanol–water partition coefficient (Wildman–Crippen LogP) is 4.18. The number of carbonyl (C=O) groups excluding carboxylic acids is 1. The van der Waals surface area contributed by atoms with Crippen LogP contribution in [-0.2, 0) is 0 Å². The topological polar surface area (TPSA) is 129 Å². The highest BCUT2D eigenvalue weighted by molar-refractivity contribution is 5.98. The highest BCUT2D eigenvalue weighted by Gasteiger charge is 2.27. The number of nitrogens with zero attached hydrogens (tertiary/aromatic N) is 4. The van der Waals surface area contributed by atoms with Crippen molar-refractivity contribution in [1.82, 2.24) is 25.3 Å². The molecule has 6 rings (SSSR count). The quantitative estimate of drug-likeness (QED) is 0.405. The highest BCUT2D eigenvalue weighted by atomic mass is 16.5. The number of anilines is 1. The van der Waals surface area contributed by atoms with Gasteiger partial charge in [-0.2, -0.15) is 0 Å². The Bertz CT molecular complexity index is 1550. The van der Waals surface area contributed by atoms with Gasteiger partial charge in [0.25, 0.3) is 5.91 Å². The first-order valence-corrected chi connectivity index (χ1v) is 11.1. The maximum absolute atomic E-state index is 13.4. The molecule has 1 aliphatic heterocycles. The molecule has 9 heteroatoms. The Hall–Kier alpha value is -4.79. The van der Waals surface area contributed by atoms with Gasteiger partial charge in [0.1, 0.15) is 17.7 Å². The van der Waals surface area contributed by atoms with E-state index in [2.05, 4.69) is 25.3 Å². The van der Waals surface area contributed by atoms with E-state index in [-0.39, 0.29) is 23.4 Å². The third-order valence-electron chi connectivity index (χ3n) is 5.91. The van der Waals surface area contributed by atoms with Crippen molar-refractivity contribution in [2.24, 2.45) is 0 Å². The summed E-state index contributed by atoms with van der Waals surface area (Å²) in [6, 6.07) is 16.9. The molecule has 1 aliphatic rings. The van der Waals surface area contributed by atoms with E-state index < -0.39 is 5.91 Å². The normalized spacial score (nSPS) is 14.8. The number of nitrogen functional groups attached to an aromatic ring is 1. The van der Waals surface area contributed by atoms with Gasteiger partial charge in [-0.1, -0.05) is 30.3 Å². The lowest BCUT2D eigenvalue weighted by atomic mass is 10.0. The Morgan fingerprint density at radius 1 is 1.00 bits per heavy atom. The molecule has 3 N–H and O–H groups in total. The Balaban J connectivity index is 1.43. The molecular weight excluding hydrogens is 444 g/mol. The second kappa shape index (κ2) is 8.53. The predicted molar refractivity (Wildman–Crippen MR) is 129 cm³/mol. The molecule has 1 atom stereocenters. The minimum Gasteiger partial charge on any atom is -0.493 e. The fourth-order valence-electron chi connectivity index (χ4n) is 4.25. The number of nitrogens with one attached hydrogen (secondary N) is 1. The molecular formula is C26H20N6O3. The molecule has 0 saturated heterocycles. The maximum atomic E-state index is 13.4. The average molecular weight is 464 g/mol. The first-order chi connectivity index (χ1) is 17.2. The molecule has 3 aromatic heterocycles. The van der Waals surface area contributed by atoms with Gasteiger partial charge in [-0.25, -0.2) is 15.0 Å². The van der Waals surface area contributed by atoms with Crippen LogP contribution in [0.2, 0.25) is 0 Å². The number of para-hydroxylation sites is 1. The summed E-state index contributed by atoms with van der Waals surface area (Å²) in [5.41, 5.74) is 9.53. The Morgan fingerprint density at radius 3 is 2.80 bits per heavy atom. The average Bonchev–Trinajstić information content (AvgIpc) is 3.43. The van der Waals surface area contributed by atoms with Crippen molar-refractivity contribution in [2.75, 3.05) is 12.3 Å². The van der Waals surface area contributed by atoms with Crippen molar-refractivity contribution in [3.05, 3.63) is 84.5 Å². The Labute approximate surface area is 200 Å². The molecule has 5 aromatic rings. The van der Waals surface area contributed by atoms with Crippen LogP contribution in [0.15, 0.2) is 77.7 Å². The molecule has 0 radical (unpaired) electrons. The van der Waals surface area contributed by atoms with Gasteiger partial charge in [0.05, 0.1) is 24.4 Å². The molecule has 172 valence electrons. The highest BCUT2D eigenvalue weighted by Crippen LogP contribution is 2.34. The van der Waals surface area contributed by atoms with E-state index in [1.807, 2.05) is 54.6 Å². The molecule has 4 heterocycles. The molecule has 1 amide bonds. The van der Waals surface area contributed by atoms with Crippen LogP contribution in [0.4, 0.5) is 5.82 Å². The SMILES string of the molecule is Nc1nc(-c2ncco2)c(-c2ccc3ncccc3c2)nc1C(=O)N[C@H]1CCOc2ccccc21. The number of pyridine rings is 1. The number of amides is 1. The van der Waals surface area contributed by atoms with Crippen LogP contribution in [0.3, 0.4) is 0 Å². The number of fused-ring (bicyclic) bond motifs is 2. The summed E-state index contributed by atoms with van der Waals surface area (Å²) >= 11 is 0. The summed E-state index contributed by atoms with van der Waals surface area (Å²) in [7, 11) is 0. The van der Waals surface area contributed by atoms with Crippen molar-refractivity contribution < 1.29 is 13.9 Å². The molecule has 0 bridgehead atoms. The van der Waals surface area contributed by atoms with Crippen LogP contribution in [-0.4, -0.2) is 32.4 Å². The van der Waals surface area contributed by atoms with E-state index in [0.717, 1.165) is 27.8 Å². The van der Waals surface area contributed by atoms with E-state index in [9.17, 15) is 4.79 Å². The maximum Gasteiger partial charge on any atom is 0.274 e.